The van der Waals surface area contributed by atoms with Gasteiger partial charge in [-0.3, -0.25) is 4.79 Å². The molecule has 0 bridgehead atoms. The Morgan fingerprint density at radius 2 is 1.71 bits per heavy atom. The van der Waals surface area contributed by atoms with Crippen LogP contribution in [0.2, 0.25) is 0 Å². The molecule has 0 spiro atoms. The molecule has 0 saturated carbocycles. The minimum Gasteiger partial charge on any atom is -0.493 e. The van der Waals surface area contributed by atoms with E-state index in [1.165, 1.54) is 0 Å². The zero-order valence-electron chi connectivity index (χ0n) is 12.4. The van der Waals surface area contributed by atoms with E-state index in [0.717, 1.165) is 17.1 Å². The highest BCUT2D eigenvalue weighted by Crippen LogP contribution is 2.16. The molecule has 0 atom stereocenters. The monoisotopic (exact) mass is 284 g/mol. The first-order valence-corrected chi connectivity index (χ1v) is 6.90. The predicted octanol–water partition coefficient (Wildman–Crippen LogP) is 3.16. The van der Waals surface area contributed by atoms with Gasteiger partial charge >= 0.3 is 0 Å². The molecule has 4 heteroatoms. The fourth-order valence-corrected chi connectivity index (χ4v) is 1.84. The maximum Gasteiger partial charge on any atom is 0.227 e. The Morgan fingerprint density at radius 1 is 1.05 bits per heavy atom. The Morgan fingerprint density at radius 3 is 2.33 bits per heavy atom. The summed E-state index contributed by atoms with van der Waals surface area (Å²) in [6.45, 7) is 0.367. The Labute approximate surface area is 125 Å². The lowest BCUT2D eigenvalue weighted by atomic mass is 10.2. The molecule has 0 radical (unpaired) electrons. The number of carbonyl (C=O) groups excluding carboxylic acids is 1. The van der Waals surface area contributed by atoms with E-state index >= 15 is 0 Å². The van der Waals surface area contributed by atoms with Crippen LogP contribution in [0.5, 0.6) is 5.75 Å². The SMILES string of the molecule is CN(C)c1ccc(NC(=O)CCOc2ccccc2)cc1. The quantitative estimate of drug-likeness (QED) is 0.886. The normalized spacial score (nSPS) is 10.0. The maximum atomic E-state index is 11.8. The summed E-state index contributed by atoms with van der Waals surface area (Å²) >= 11 is 0. The van der Waals surface area contributed by atoms with Crippen LogP contribution < -0.4 is 15.0 Å². The molecular formula is C17H20N2O2. The number of amides is 1. The Balaban J connectivity index is 1.76. The van der Waals surface area contributed by atoms with Crippen molar-refractivity contribution in [3.05, 3.63) is 54.6 Å². The summed E-state index contributed by atoms with van der Waals surface area (Å²) in [5.41, 5.74) is 1.89. The molecule has 0 aliphatic carbocycles. The molecule has 4 nitrogen and oxygen atoms in total. The molecule has 0 heterocycles. The van der Waals surface area contributed by atoms with Gasteiger partial charge in [-0.25, -0.2) is 0 Å². The summed E-state index contributed by atoms with van der Waals surface area (Å²) in [6, 6.07) is 17.2. The summed E-state index contributed by atoms with van der Waals surface area (Å²) in [6.07, 6.45) is 0.324. The molecule has 1 amide bonds. The molecule has 0 fully saturated rings. The van der Waals surface area contributed by atoms with Crippen LogP contribution in [0.1, 0.15) is 6.42 Å². The molecule has 2 rings (SSSR count). The number of ether oxygens (including phenoxy) is 1. The molecule has 110 valence electrons. The second-order valence-corrected chi connectivity index (χ2v) is 4.90. The van der Waals surface area contributed by atoms with E-state index in [1.54, 1.807) is 0 Å². The Bertz CT molecular complexity index is 565. The summed E-state index contributed by atoms with van der Waals surface area (Å²) in [5, 5.41) is 2.86. The van der Waals surface area contributed by atoms with E-state index in [4.69, 9.17) is 4.74 Å². The van der Waals surface area contributed by atoms with E-state index in [2.05, 4.69) is 5.32 Å². The molecule has 21 heavy (non-hydrogen) atoms. The van der Waals surface area contributed by atoms with Gasteiger partial charge in [0.15, 0.2) is 0 Å². The summed E-state index contributed by atoms with van der Waals surface area (Å²) < 4.78 is 5.50. The number of benzene rings is 2. The Hall–Kier alpha value is -2.49. The van der Waals surface area contributed by atoms with Crippen molar-refractivity contribution in [2.24, 2.45) is 0 Å². The van der Waals surface area contributed by atoms with Gasteiger partial charge in [0.05, 0.1) is 13.0 Å². The average Bonchev–Trinajstić information content (AvgIpc) is 2.49. The van der Waals surface area contributed by atoms with Crippen LogP contribution in [0.3, 0.4) is 0 Å². The molecule has 0 aromatic heterocycles. The summed E-state index contributed by atoms with van der Waals surface area (Å²) in [5.74, 6) is 0.726. The predicted molar refractivity (Wildman–Crippen MR) is 86.0 cm³/mol. The minimum absolute atomic E-state index is 0.0523. The van der Waals surface area contributed by atoms with Gasteiger partial charge in [0.2, 0.25) is 5.91 Å². The van der Waals surface area contributed by atoms with Crippen molar-refractivity contribution in [3.8, 4) is 5.75 Å². The zero-order chi connectivity index (χ0) is 15.1. The first-order valence-electron chi connectivity index (χ1n) is 6.90. The Kier molecular flexibility index (Phi) is 5.21. The van der Waals surface area contributed by atoms with E-state index in [9.17, 15) is 4.79 Å². The lowest BCUT2D eigenvalue weighted by Gasteiger charge is -2.13. The third-order valence-electron chi connectivity index (χ3n) is 3.01. The van der Waals surface area contributed by atoms with Crippen molar-refractivity contribution >= 4 is 17.3 Å². The van der Waals surface area contributed by atoms with Crippen molar-refractivity contribution in [1.82, 2.24) is 0 Å². The standard InChI is InChI=1S/C17H20N2O2/c1-19(2)15-10-8-14(9-11-15)18-17(20)12-13-21-16-6-4-3-5-7-16/h3-11H,12-13H2,1-2H3,(H,18,20). The van der Waals surface area contributed by atoms with Crippen LogP contribution in [0.15, 0.2) is 54.6 Å². The zero-order valence-corrected chi connectivity index (χ0v) is 12.4. The van der Waals surface area contributed by atoms with Gasteiger partial charge in [-0.2, -0.15) is 0 Å². The molecule has 2 aromatic rings. The molecule has 0 aliphatic rings. The maximum absolute atomic E-state index is 11.8. The van der Waals surface area contributed by atoms with Gasteiger partial charge in [0, 0.05) is 25.5 Å². The van der Waals surface area contributed by atoms with Crippen molar-refractivity contribution in [3.63, 3.8) is 0 Å². The number of anilines is 2. The smallest absolute Gasteiger partial charge is 0.227 e. The lowest BCUT2D eigenvalue weighted by molar-refractivity contribution is -0.116. The van der Waals surface area contributed by atoms with Gasteiger partial charge in [0.25, 0.3) is 0 Å². The third kappa shape index (κ3) is 4.84. The van der Waals surface area contributed by atoms with Crippen LogP contribution in [0, 0.1) is 0 Å². The second-order valence-electron chi connectivity index (χ2n) is 4.90. The highest BCUT2D eigenvalue weighted by atomic mass is 16.5. The topological polar surface area (TPSA) is 41.6 Å². The lowest BCUT2D eigenvalue weighted by Crippen LogP contribution is -2.15. The van der Waals surface area contributed by atoms with Crippen molar-refractivity contribution in [2.75, 3.05) is 30.9 Å². The van der Waals surface area contributed by atoms with Crippen LogP contribution in [0.4, 0.5) is 11.4 Å². The minimum atomic E-state index is -0.0523. The largest absolute Gasteiger partial charge is 0.493 e. The van der Waals surface area contributed by atoms with Crippen molar-refractivity contribution in [2.45, 2.75) is 6.42 Å². The van der Waals surface area contributed by atoms with Crippen LogP contribution >= 0.6 is 0 Å². The fraction of sp³-hybridized carbons (Fsp3) is 0.235. The van der Waals surface area contributed by atoms with Crippen LogP contribution in [-0.4, -0.2) is 26.6 Å². The molecule has 0 aliphatic heterocycles. The number of hydrogen-bond donors (Lipinski definition) is 1. The number of hydrogen-bond acceptors (Lipinski definition) is 3. The molecular weight excluding hydrogens is 264 g/mol. The summed E-state index contributed by atoms with van der Waals surface area (Å²) in [7, 11) is 3.96. The van der Waals surface area contributed by atoms with Gasteiger partial charge in [-0.15, -0.1) is 0 Å². The molecule has 0 saturated heterocycles. The summed E-state index contributed by atoms with van der Waals surface area (Å²) in [4.78, 5) is 13.8. The van der Waals surface area contributed by atoms with Crippen molar-refractivity contribution in [1.29, 1.82) is 0 Å². The number of carbonyl (C=O) groups is 1. The number of rotatable bonds is 6. The van der Waals surface area contributed by atoms with Gasteiger partial charge < -0.3 is 15.0 Å². The first kappa shape index (κ1) is 14.9. The highest BCUT2D eigenvalue weighted by molar-refractivity contribution is 5.90. The molecule has 1 N–H and O–H groups in total. The second kappa shape index (κ2) is 7.33. The number of para-hydroxylation sites is 1. The van der Waals surface area contributed by atoms with Gasteiger partial charge in [-0.05, 0) is 36.4 Å². The average molecular weight is 284 g/mol. The molecule has 2 aromatic carbocycles. The van der Waals surface area contributed by atoms with E-state index in [-0.39, 0.29) is 5.91 Å². The van der Waals surface area contributed by atoms with Gasteiger partial charge in [0.1, 0.15) is 5.75 Å². The van der Waals surface area contributed by atoms with Crippen molar-refractivity contribution < 1.29 is 9.53 Å². The number of nitrogens with one attached hydrogen (secondary N) is 1. The molecule has 0 unspecified atom stereocenters. The fourth-order valence-electron chi connectivity index (χ4n) is 1.84. The van der Waals surface area contributed by atoms with Crippen LogP contribution in [0.25, 0.3) is 0 Å². The third-order valence-corrected chi connectivity index (χ3v) is 3.01. The van der Waals surface area contributed by atoms with E-state index in [0.29, 0.717) is 13.0 Å². The highest BCUT2D eigenvalue weighted by Gasteiger charge is 2.03. The first-order chi connectivity index (χ1) is 10.1. The van der Waals surface area contributed by atoms with Crippen LogP contribution in [-0.2, 0) is 4.79 Å². The van der Waals surface area contributed by atoms with Gasteiger partial charge in [-0.1, -0.05) is 18.2 Å². The van der Waals surface area contributed by atoms with E-state index < -0.39 is 0 Å². The number of nitrogens with zero attached hydrogens (tertiary/aromatic N) is 1. The van der Waals surface area contributed by atoms with E-state index in [1.807, 2.05) is 73.6 Å².